The van der Waals surface area contributed by atoms with Crippen molar-refractivity contribution >= 4 is 33.7 Å². The molecule has 5 heteroatoms. The van der Waals surface area contributed by atoms with Crippen molar-refractivity contribution in [2.75, 3.05) is 17.2 Å². The molecule has 0 bridgehead atoms. The van der Waals surface area contributed by atoms with Crippen molar-refractivity contribution in [2.24, 2.45) is 0 Å². The van der Waals surface area contributed by atoms with Crippen molar-refractivity contribution in [3.63, 3.8) is 0 Å². The van der Waals surface area contributed by atoms with Gasteiger partial charge in [0.2, 0.25) is 0 Å². The van der Waals surface area contributed by atoms with Gasteiger partial charge in [-0.15, -0.1) is 0 Å². The topological polar surface area (TPSA) is 67.2 Å². The summed E-state index contributed by atoms with van der Waals surface area (Å²) in [7, 11) is 0. The lowest BCUT2D eigenvalue weighted by molar-refractivity contribution is 0.104. The van der Waals surface area contributed by atoms with Gasteiger partial charge >= 0.3 is 0 Å². The lowest BCUT2D eigenvalue weighted by Crippen LogP contribution is -2.12. The van der Waals surface area contributed by atoms with E-state index in [9.17, 15) is 4.79 Å². The predicted octanol–water partition coefficient (Wildman–Crippen LogP) is 5.21. The Morgan fingerprint density at radius 1 is 0.963 bits per heavy atom. The fraction of sp³-hybridized carbons (Fsp3) is 0.0909. The highest BCUT2D eigenvalue weighted by Gasteiger charge is 2.32. The van der Waals surface area contributed by atoms with E-state index >= 15 is 0 Å². The van der Waals surface area contributed by atoms with Crippen molar-refractivity contribution in [2.45, 2.75) is 6.92 Å². The summed E-state index contributed by atoms with van der Waals surface area (Å²) in [6.45, 7) is 2.77. The molecule has 1 aliphatic carbocycles. The lowest BCUT2D eigenvalue weighted by atomic mass is 9.86. The summed E-state index contributed by atoms with van der Waals surface area (Å²) >= 11 is 0. The van der Waals surface area contributed by atoms with E-state index in [1.165, 1.54) is 0 Å². The Balaban J connectivity index is 1.82. The number of benzene rings is 3. The number of carbonyl (C=O) groups excluding carboxylic acids is 1. The average molecular weight is 355 g/mol. The van der Waals surface area contributed by atoms with Crippen LogP contribution in [0, 0.1) is 0 Å². The summed E-state index contributed by atoms with van der Waals surface area (Å²) in [5.41, 5.74) is 5.21. The molecular formula is C22H17N3O2. The molecule has 1 aliphatic rings. The molecule has 2 N–H and O–H groups in total. The molecule has 4 aromatic rings. The number of fused-ring (bicyclic) bond motifs is 2. The van der Waals surface area contributed by atoms with Gasteiger partial charge in [0.25, 0.3) is 0 Å². The summed E-state index contributed by atoms with van der Waals surface area (Å²) in [4.78, 5) is 13.3. The van der Waals surface area contributed by atoms with Crippen LogP contribution in [0.5, 0.6) is 0 Å². The van der Waals surface area contributed by atoms with Gasteiger partial charge < -0.3 is 15.2 Å². The third-order valence-electron chi connectivity index (χ3n) is 4.82. The highest BCUT2D eigenvalue weighted by molar-refractivity contribution is 6.28. The third kappa shape index (κ3) is 2.32. The van der Waals surface area contributed by atoms with E-state index in [0.29, 0.717) is 22.4 Å². The number of nitrogens with one attached hydrogen (secondary N) is 2. The molecule has 0 fully saturated rings. The van der Waals surface area contributed by atoms with Crippen molar-refractivity contribution in [1.29, 1.82) is 0 Å². The summed E-state index contributed by atoms with van der Waals surface area (Å²) in [5, 5.41) is 11.8. The number of hydrogen-bond donors (Lipinski definition) is 2. The van der Waals surface area contributed by atoms with E-state index in [0.717, 1.165) is 34.6 Å². The van der Waals surface area contributed by atoms with E-state index < -0.39 is 0 Å². The highest BCUT2D eigenvalue weighted by atomic mass is 16.5. The first kappa shape index (κ1) is 15.6. The number of para-hydroxylation sites is 1. The van der Waals surface area contributed by atoms with Gasteiger partial charge in [-0.3, -0.25) is 4.79 Å². The van der Waals surface area contributed by atoms with Crippen LogP contribution in [-0.2, 0) is 0 Å². The monoisotopic (exact) mass is 355 g/mol. The van der Waals surface area contributed by atoms with Crippen molar-refractivity contribution in [3.05, 3.63) is 71.8 Å². The molecule has 0 unspecified atom stereocenters. The molecule has 0 atom stereocenters. The molecule has 5 rings (SSSR count). The minimum atomic E-state index is -0.0206. The molecule has 1 heterocycles. The molecule has 0 aliphatic heterocycles. The van der Waals surface area contributed by atoms with Crippen LogP contribution >= 0.6 is 0 Å². The number of carbonyl (C=O) groups is 1. The van der Waals surface area contributed by atoms with Gasteiger partial charge in [0.15, 0.2) is 11.5 Å². The minimum Gasteiger partial charge on any atom is -0.383 e. The van der Waals surface area contributed by atoms with E-state index in [1.807, 2.05) is 67.6 Å². The molecule has 0 spiro atoms. The van der Waals surface area contributed by atoms with Crippen LogP contribution in [0.15, 0.2) is 65.2 Å². The molecule has 0 saturated heterocycles. The Hall–Kier alpha value is -3.60. The maximum atomic E-state index is 13.3. The smallest absolute Gasteiger partial charge is 0.196 e. The first-order valence-corrected chi connectivity index (χ1v) is 8.94. The van der Waals surface area contributed by atoms with Gasteiger partial charge in [0.05, 0.1) is 22.3 Å². The van der Waals surface area contributed by atoms with E-state index in [4.69, 9.17) is 4.52 Å². The zero-order valence-corrected chi connectivity index (χ0v) is 14.7. The van der Waals surface area contributed by atoms with E-state index in [-0.39, 0.29) is 5.78 Å². The van der Waals surface area contributed by atoms with Crippen LogP contribution in [0.2, 0.25) is 0 Å². The Bertz CT molecular complexity index is 1180. The second-order valence-corrected chi connectivity index (χ2v) is 6.48. The fourth-order valence-electron chi connectivity index (χ4n) is 3.66. The molecule has 0 saturated carbocycles. The van der Waals surface area contributed by atoms with E-state index in [2.05, 4.69) is 15.8 Å². The quantitative estimate of drug-likeness (QED) is 0.463. The van der Waals surface area contributed by atoms with Crippen LogP contribution in [-0.4, -0.2) is 17.5 Å². The van der Waals surface area contributed by atoms with Crippen molar-refractivity contribution in [3.8, 4) is 11.3 Å². The van der Waals surface area contributed by atoms with Gasteiger partial charge in [0.1, 0.15) is 5.52 Å². The number of hydrogen-bond acceptors (Lipinski definition) is 5. The second-order valence-electron chi connectivity index (χ2n) is 6.48. The molecule has 132 valence electrons. The Morgan fingerprint density at radius 3 is 2.48 bits per heavy atom. The molecule has 5 nitrogen and oxygen atoms in total. The first-order valence-electron chi connectivity index (χ1n) is 8.94. The predicted molar refractivity (Wildman–Crippen MR) is 107 cm³/mol. The number of anilines is 3. The molecule has 0 radical (unpaired) electrons. The number of rotatable bonds is 4. The molecule has 3 aromatic carbocycles. The summed E-state index contributed by atoms with van der Waals surface area (Å²) in [6, 6.07) is 19.3. The molecule has 0 amide bonds. The van der Waals surface area contributed by atoms with Gasteiger partial charge in [-0.1, -0.05) is 47.6 Å². The fourth-order valence-corrected chi connectivity index (χ4v) is 3.66. The molecular weight excluding hydrogens is 338 g/mol. The summed E-state index contributed by atoms with van der Waals surface area (Å²) < 4.78 is 5.69. The van der Waals surface area contributed by atoms with Crippen LogP contribution < -0.4 is 10.6 Å². The minimum absolute atomic E-state index is 0.0206. The van der Waals surface area contributed by atoms with Crippen LogP contribution in [0.1, 0.15) is 22.8 Å². The Morgan fingerprint density at radius 2 is 1.70 bits per heavy atom. The maximum absolute atomic E-state index is 13.3. The van der Waals surface area contributed by atoms with Crippen LogP contribution in [0.3, 0.4) is 0 Å². The summed E-state index contributed by atoms with van der Waals surface area (Å²) in [5.74, 6) is 0.624. The van der Waals surface area contributed by atoms with Crippen molar-refractivity contribution < 1.29 is 9.32 Å². The lowest BCUT2D eigenvalue weighted by Gasteiger charge is -2.19. The summed E-state index contributed by atoms with van der Waals surface area (Å²) in [6.07, 6.45) is 0. The normalized spacial score (nSPS) is 12.1. The number of nitrogens with zero attached hydrogens (tertiary/aromatic N) is 1. The Kier molecular flexibility index (Phi) is 3.47. The largest absolute Gasteiger partial charge is 0.383 e. The maximum Gasteiger partial charge on any atom is 0.196 e. The standard InChI is InChI=1S/C22H17N3O2/c1-2-23-17-12-16(24-13-8-4-3-5-9-13)18-19-20(17)25-27-22(19)15-11-7-6-10-14(15)21(18)26/h3-12,23-24H,2H2,1H3. The van der Waals surface area contributed by atoms with Crippen molar-refractivity contribution in [1.82, 2.24) is 5.16 Å². The SMILES string of the molecule is CCNc1cc(Nc2ccccc2)c2c3c(onc13)-c1ccccc1C2=O. The zero-order chi connectivity index (χ0) is 18.4. The van der Waals surface area contributed by atoms with Crippen LogP contribution in [0.25, 0.3) is 22.2 Å². The van der Waals surface area contributed by atoms with Crippen LogP contribution in [0.4, 0.5) is 17.1 Å². The second kappa shape index (κ2) is 5.99. The molecule has 27 heavy (non-hydrogen) atoms. The van der Waals surface area contributed by atoms with E-state index in [1.54, 1.807) is 0 Å². The zero-order valence-electron chi connectivity index (χ0n) is 14.7. The third-order valence-corrected chi connectivity index (χ3v) is 4.82. The van der Waals surface area contributed by atoms with Gasteiger partial charge in [-0.2, -0.15) is 0 Å². The average Bonchev–Trinajstić information content (AvgIpc) is 3.14. The molecule has 1 aromatic heterocycles. The van der Waals surface area contributed by atoms with Gasteiger partial charge in [-0.05, 0) is 25.1 Å². The number of ketones is 1. The highest BCUT2D eigenvalue weighted by Crippen LogP contribution is 2.45. The first-order chi connectivity index (χ1) is 13.3. The number of aromatic nitrogens is 1. The van der Waals surface area contributed by atoms with Gasteiger partial charge in [-0.25, -0.2) is 0 Å². The van der Waals surface area contributed by atoms with Gasteiger partial charge in [0, 0.05) is 23.4 Å². The Labute approximate surface area is 156 Å².